The van der Waals surface area contributed by atoms with Gasteiger partial charge in [0.05, 0.1) is 12.2 Å². The number of rotatable bonds is 8. The van der Waals surface area contributed by atoms with Crippen LogP contribution in [-0.2, 0) is 0 Å². The molecule has 1 unspecified atom stereocenters. The minimum absolute atomic E-state index is 0.399. The number of aromatic nitrogens is 2. The van der Waals surface area contributed by atoms with E-state index in [9.17, 15) is 23.1 Å². The number of alkyl halides is 3. The number of halogens is 4. The van der Waals surface area contributed by atoms with E-state index in [0.29, 0.717) is 43.9 Å². The van der Waals surface area contributed by atoms with Crippen molar-refractivity contribution < 1.29 is 23.1 Å². The predicted octanol–water partition coefficient (Wildman–Crippen LogP) is 6.70. The van der Waals surface area contributed by atoms with Gasteiger partial charge in [-0.3, -0.25) is 9.58 Å². The molecule has 1 saturated carbocycles. The van der Waals surface area contributed by atoms with E-state index in [1.807, 2.05) is 18.2 Å². The molecule has 1 atom stereocenters. The van der Waals surface area contributed by atoms with Crippen LogP contribution in [0.15, 0.2) is 48.7 Å². The van der Waals surface area contributed by atoms with Gasteiger partial charge in [0.15, 0.2) is 0 Å². The fourth-order valence-corrected chi connectivity index (χ4v) is 6.73. The lowest BCUT2D eigenvalue weighted by Gasteiger charge is -2.42. The second-order valence-corrected chi connectivity index (χ2v) is 12.1. The summed E-state index contributed by atoms with van der Waals surface area (Å²) in [5.41, 5.74) is 2.01. The molecule has 3 aromatic rings. The number of benzene rings is 2. The van der Waals surface area contributed by atoms with Crippen LogP contribution in [0.5, 0.6) is 0 Å². The first kappa shape index (κ1) is 28.9. The Kier molecular flexibility index (Phi) is 8.11. The number of hydrogen-bond acceptors (Lipinski definition) is 5. The lowest BCUT2D eigenvalue weighted by Crippen LogP contribution is -2.52. The number of nitrogens with zero attached hydrogens (tertiary/aromatic N) is 5. The molecule has 42 heavy (non-hydrogen) atoms. The van der Waals surface area contributed by atoms with E-state index >= 15 is 0 Å². The van der Waals surface area contributed by atoms with Gasteiger partial charge in [-0.15, -0.1) is 0 Å². The molecular formula is C31H35ClF3N5O2. The van der Waals surface area contributed by atoms with Crippen LogP contribution in [0.1, 0.15) is 60.6 Å². The molecule has 0 bridgehead atoms. The highest BCUT2D eigenvalue weighted by atomic mass is 35.5. The summed E-state index contributed by atoms with van der Waals surface area (Å²) >= 11 is 6.43. The van der Waals surface area contributed by atoms with Crippen molar-refractivity contribution in [2.24, 2.45) is 0 Å². The number of carboxylic acids is 1. The first-order valence-corrected chi connectivity index (χ1v) is 15.0. The number of hydrogen-bond donors (Lipinski definition) is 1. The maximum Gasteiger partial charge on any atom is 0.339 e. The Balaban J connectivity index is 1.18. The molecule has 0 spiro atoms. The smallest absolute Gasteiger partial charge is 0.339 e. The monoisotopic (exact) mass is 601 g/mol. The maximum atomic E-state index is 14.6. The molecule has 1 N–H and O–H groups in total. The topological polar surface area (TPSA) is 64.8 Å². The highest BCUT2D eigenvalue weighted by Gasteiger charge is 2.39. The molecular weight excluding hydrogens is 567 g/mol. The molecule has 2 saturated heterocycles. The van der Waals surface area contributed by atoms with Crippen molar-refractivity contribution in [1.29, 1.82) is 0 Å². The minimum Gasteiger partial charge on any atom is -0.478 e. The Morgan fingerprint density at radius 1 is 1.02 bits per heavy atom. The summed E-state index contributed by atoms with van der Waals surface area (Å²) < 4.78 is 43.5. The van der Waals surface area contributed by atoms with Crippen LogP contribution in [0.25, 0.3) is 11.1 Å². The number of carbonyl (C=O) groups is 1. The predicted molar refractivity (Wildman–Crippen MR) is 158 cm³/mol. The Morgan fingerprint density at radius 3 is 2.40 bits per heavy atom. The quantitative estimate of drug-likeness (QED) is 0.310. The zero-order valence-electron chi connectivity index (χ0n) is 23.4. The lowest BCUT2D eigenvalue weighted by atomic mass is 9.81. The highest BCUT2D eigenvalue weighted by Crippen LogP contribution is 2.39. The van der Waals surface area contributed by atoms with Crippen molar-refractivity contribution in [3.63, 3.8) is 0 Å². The van der Waals surface area contributed by atoms with E-state index in [0.717, 1.165) is 67.7 Å². The summed E-state index contributed by atoms with van der Waals surface area (Å²) in [6.45, 7) is 5.06. The largest absolute Gasteiger partial charge is 0.478 e. The molecule has 2 aliphatic heterocycles. The summed E-state index contributed by atoms with van der Waals surface area (Å²) in [6, 6.07) is 13.7. The normalized spacial score (nSPS) is 21.0. The Morgan fingerprint density at radius 2 is 1.76 bits per heavy atom. The highest BCUT2D eigenvalue weighted by molar-refractivity contribution is 6.31. The van der Waals surface area contributed by atoms with Crippen LogP contribution in [0.3, 0.4) is 0 Å². The molecule has 3 aliphatic rings. The SMILES string of the molecule is O=C(O)c1cnn(C2CCCN(c3cc(Cl)ccc3-c3ccc(N4CCN(CC5(F)CCC5)CC4)cc3)C2)c1C(F)F. The summed E-state index contributed by atoms with van der Waals surface area (Å²) in [7, 11) is 0. The van der Waals surface area contributed by atoms with E-state index in [-0.39, 0.29) is 0 Å². The fraction of sp³-hybridized carbons (Fsp3) is 0.484. The summed E-state index contributed by atoms with van der Waals surface area (Å²) in [5, 5.41) is 14.0. The number of piperidine rings is 1. The van der Waals surface area contributed by atoms with Crippen LogP contribution in [-0.4, -0.2) is 77.2 Å². The molecule has 0 amide bonds. The fourth-order valence-electron chi connectivity index (χ4n) is 6.56. The maximum absolute atomic E-state index is 14.6. The number of aromatic carboxylic acids is 1. The van der Waals surface area contributed by atoms with Crippen LogP contribution in [0, 0.1) is 0 Å². The van der Waals surface area contributed by atoms with Crippen molar-refractivity contribution in [3.8, 4) is 11.1 Å². The zero-order chi connectivity index (χ0) is 29.4. The van der Waals surface area contributed by atoms with Gasteiger partial charge in [-0.1, -0.05) is 29.8 Å². The van der Waals surface area contributed by atoms with Crippen LogP contribution >= 0.6 is 11.6 Å². The second-order valence-electron chi connectivity index (χ2n) is 11.7. The molecule has 6 rings (SSSR count). The molecule has 11 heteroatoms. The van der Waals surface area contributed by atoms with Crippen molar-refractivity contribution in [2.75, 3.05) is 55.6 Å². The van der Waals surface area contributed by atoms with Gasteiger partial charge in [0.25, 0.3) is 6.43 Å². The zero-order valence-corrected chi connectivity index (χ0v) is 24.1. The molecule has 7 nitrogen and oxygen atoms in total. The molecule has 1 aliphatic carbocycles. The van der Waals surface area contributed by atoms with Crippen LogP contribution < -0.4 is 9.80 Å². The molecule has 0 radical (unpaired) electrons. The number of carboxylic acid groups (broad SMARTS) is 1. The van der Waals surface area contributed by atoms with Crippen molar-refractivity contribution in [1.82, 2.24) is 14.7 Å². The molecule has 2 aromatic carbocycles. The Hall–Kier alpha value is -3.24. The van der Waals surface area contributed by atoms with Gasteiger partial charge in [-0.25, -0.2) is 18.0 Å². The number of piperazine rings is 1. The molecule has 3 fully saturated rings. The third-order valence-corrected chi connectivity index (χ3v) is 9.22. The first-order chi connectivity index (χ1) is 20.2. The Bertz CT molecular complexity index is 1420. The van der Waals surface area contributed by atoms with Gasteiger partial charge >= 0.3 is 5.97 Å². The van der Waals surface area contributed by atoms with Crippen molar-refractivity contribution >= 4 is 28.9 Å². The van der Waals surface area contributed by atoms with Crippen molar-refractivity contribution in [3.05, 3.63) is 64.9 Å². The molecule has 3 heterocycles. The van der Waals surface area contributed by atoms with Crippen LogP contribution in [0.4, 0.5) is 24.5 Å². The molecule has 224 valence electrons. The van der Waals surface area contributed by atoms with Crippen LogP contribution in [0.2, 0.25) is 5.02 Å². The van der Waals surface area contributed by atoms with E-state index in [2.05, 4.69) is 44.1 Å². The third-order valence-electron chi connectivity index (χ3n) is 8.99. The third kappa shape index (κ3) is 5.83. The number of anilines is 2. The van der Waals surface area contributed by atoms with Gasteiger partial charge in [-0.2, -0.15) is 5.10 Å². The minimum atomic E-state index is -2.94. The summed E-state index contributed by atoms with van der Waals surface area (Å²) in [5.74, 6) is -1.41. The van der Waals surface area contributed by atoms with E-state index in [4.69, 9.17) is 11.6 Å². The van der Waals surface area contributed by atoms with E-state index in [1.165, 1.54) is 4.68 Å². The van der Waals surface area contributed by atoms with E-state index in [1.54, 1.807) is 0 Å². The first-order valence-electron chi connectivity index (χ1n) is 14.6. The lowest BCUT2D eigenvalue weighted by molar-refractivity contribution is 0.0191. The van der Waals surface area contributed by atoms with E-state index < -0.39 is 35.4 Å². The van der Waals surface area contributed by atoms with Gasteiger partial charge in [-0.05, 0) is 61.9 Å². The average Bonchev–Trinajstić information content (AvgIpc) is 3.43. The molecule has 1 aromatic heterocycles. The standard InChI is InChI=1S/C31H35ClF3N5O2/c32-22-6-9-25(21-4-7-23(8-5-21)38-15-13-37(14-16-38)20-31(35)10-2-11-31)27(17-22)39-12-1-3-24(19-39)40-28(29(33)34)26(18-36-40)30(41)42/h4-9,17-18,24,29H,1-3,10-16,19-20H2,(H,41,42). The van der Waals surface area contributed by atoms with Gasteiger partial charge in [0.1, 0.15) is 16.9 Å². The summed E-state index contributed by atoms with van der Waals surface area (Å²) in [4.78, 5) is 18.2. The average molecular weight is 602 g/mol. The Labute approximate surface area is 248 Å². The van der Waals surface area contributed by atoms with Gasteiger partial charge in [0.2, 0.25) is 0 Å². The van der Waals surface area contributed by atoms with Gasteiger partial charge < -0.3 is 14.9 Å². The summed E-state index contributed by atoms with van der Waals surface area (Å²) in [6.07, 6.45) is 1.78. The van der Waals surface area contributed by atoms with Crippen molar-refractivity contribution in [2.45, 2.75) is 50.2 Å². The van der Waals surface area contributed by atoms with Gasteiger partial charge in [0, 0.05) is 67.8 Å². The second kappa shape index (κ2) is 11.8.